The minimum absolute atomic E-state index is 0.0104. The zero-order chi connectivity index (χ0) is 25.9. The van der Waals surface area contributed by atoms with Crippen LogP contribution in [0.5, 0.6) is 0 Å². The van der Waals surface area contributed by atoms with Crippen molar-refractivity contribution in [2.24, 2.45) is 5.92 Å². The number of fused-ring (bicyclic) bond motifs is 3. The molecule has 0 aliphatic carbocycles. The number of anilines is 1. The minimum atomic E-state index is -2.35. The van der Waals surface area contributed by atoms with Gasteiger partial charge in [-0.2, -0.15) is 4.98 Å². The third-order valence-electron chi connectivity index (χ3n) is 7.09. The number of carbonyl (C=O) groups is 2. The summed E-state index contributed by atoms with van der Waals surface area (Å²) < 4.78 is 25.6. The van der Waals surface area contributed by atoms with Gasteiger partial charge in [-0.15, -0.1) is 0 Å². The van der Waals surface area contributed by atoms with Gasteiger partial charge in [0.05, 0.1) is 20.0 Å². The Hall–Kier alpha value is -2.61. The highest BCUT2D eigenvalue weighted by molar-refractivity contribution is 6.74. The van der Waals surface area contributed by atoms with Crippen molar-refractivity contribution in [1.82, 2.24) is 19.5 Å². The summed E-state index contributed by atoms with van der Waals surface area (Å²) in [7, 11) is -1.05. The molecule has 2 aromatic rings. The summed E-state index contributed by atoms with van der Waals surface area (Å²) in [6.45, 7) is 13.9. The SMILES string of the molecule is COC(=O)[C@]12COC(C1O[Si](C)(C)C(C)(C)C)[C@H](n1cnc3c(=O)[nH]c(NC(=O)C(C)C)nc31)O2. The van der Waals surface area contributed by atoms with E-state index in [1.165, 1.54) is 18.0 Å². The van der Waals surface area contributed by atoms with Crippen LogP contribution in [0.15, 0.2) is 11.1 Å². The molecule has 1 amide bonds. The van der Waals surface area contributed by atoms with Crippen molar-refractivity contribution in [2.75, 3.05) is 19.0 Å². The summed E-state index contributed by atoms with van der Waals surface area (Å²) in [5, 5.41) is 2.47. The first-order chi connectivity index (χ1) is 16.2. The Morgan fingerprint density at radius 1 is 1.34 bits per heavy atom. The fourth-order valence-corrected chi connectivity index (χ4v) is 5.28. The highest BCUT2D eigenvalue weighted by Gasteiger charge is 2.69. The number of hydrogen-bond acceptors (Lipinski definition) is 9. The average Bonchev–Trinajstić information content (AvgIpc) is 3.42. The van der Waals surface area contributed by atoms with E-state index in [0.717, 1.165) is 0 Å². The van der Waals surface area contributed by atoms with E-state index in [1.54, 1.807) is 13.8 Å². The summed E-state index contributed by atoms with van der Waals surface area (Å²) in [5.74, 6) is -1.21. The number of nitrogens with zero attached hydrogens (tertiary/aromatic N) is 3. The first-order valence-corrected chi connectivity index (χ1v) is 14.5. The molecule has 2 aliphatic heterocycles. The molecule has 4 heterocycles. The van der Waals surface area contributed by atoms with Gasteiger partial charge in [0.25, 0.3) is 5.56 Å². The van der Waals surface area contributed by atoms with Crippen molar-refractivity contribution in [3.05, 3.63) is 16.7 Å². The lowest BCUT2D eigenvalue weighted by Crippen LogP contribution is -2.55. The molecular formula is C22H33N5O7Si. The van der Waals surface area contributed by atoms with Crippen LogP contribution in [0.4, 0.5) is 5.95 Å². The first kappa shape index (κ1) is 25.5. The zero-order valence-electron chi connectivity index (χ0n) is 21.3. The van der Waals surface area contributed by atoms with Crippen molar-refractivity contribution in [3.63, 3.8) is 0 Å². The molecule has 0 radical (unpaired) electrons. The molecule has 13 heteroatoms. The van der Waals surface area contributed by atoms with E-state index in [-0.39, 0.29) is 40.6 Å². The number of amides is 1. The maximum absolute atomic E-state index is 13.0. The normalized spacial score (nSPS) is 26.5. The largest absolute Gasteiger partial charge is 0.467 e. The molecule has 2 aromatic heterocycles. The Morgan fingerprint density at radius 3 is 2.63 bits per heavy atom. The summed E-state index contributed by atoms with van der Waals surface area (Å²) in [6, 6.07) is 0. The second-order valence-electron chi connectivity index (χ2n) is 10.8. The van der Waals surface area contributed by atoms with Gasteiger partial charge in [0, 0.05) is 5.92 Å². The van der Waals surface area contributed by atoms with E-state index in [4.69, 9.17) is 18.6 Å². The summed E-state index contributed by atoms with van der Waals surface area (Å²) in [5.41, 5.74) is -1.74. The number of carbonyl (C=O) groups excluding carboxylic acids is 2. The number of aromatic nitrogens is 4. The lowest BCUT2D eigenvalue weighted by atomic mass is 9.99. The van der Waals surface area contributed by atoms with E-state index in [2.05, 4.69) is 54.1 Å². The third kappa shape index (κ3) is 4.09. The number of rotatable bonds is 6. The predicted octanol–water partition coefficient (Wildman–Crippen LogP) is 1.94. The topological polar surface area (TPSA) is 147 Å². The Bertz CT molecular complexity index is 1220. The summed E-state index contributed by atoms with van der Waals surface area (Å²) >= 11 is 0. The zero-order valence-corrected chi connectivity index (χ0v) is 22.3. The molecule has 0 aromatic carbocycles. The van der Waals surface area contributed by atoms with Crippen LogP contribution in [-0.4, -0.2) is 71.2 Å². The van der Waals surface area contributed by atoms with Gasteiger partial charge in [0.1, 0.15) is 12.2 Å². The lowest BCUT2D eigenvalue weighted by Gasteiger charge is -2.40. The van der Waals surface area contributed by atoms with E-state index in [0.29, 0.717) is 0 Å². The van der Waals surface area contributed by atoms with Crippen molar-refractivity contribution < 1.29 is 28.2 Å². The highest BCUT2D eigenvalue weighted by Crippen LogP contribution is 2.50. The van der Waals surface area contributed by atoms with Crippen LogP contribution in [0.3, 0.4) is 0 Å². The van der Waals surface area contributed by atoms with E-state index in [9.17, 15) is 14.4 Å². The maximum atomic E-state index is 13.0. The molecule has 12 nitrogen and oxygen atoms in total. The fourth-order valence-electron chi connectivity index (χ4n) is 3.97. The van der Waals surface area contributed by atoms with Crippen LogP contribution in [0, 0.1) is 5.92 Å². The quantitative estimate of drug-likeness (QED) is 0.442. The van der Waals surface area contributed by atoms with Gasteiger partial charge in [0.15, 0.2) is 25.7 Å². The molecular weight excluding hydrogens is 474 g/mol. The van der Waals surface area contributed by atoms with Crippen LogP contribution in [0.25, 0.3) is 11.2 Å². The molecule has 2 bridgehead atoms. The molecule has 0 spiro atoms. The van der Waals surface area contributed by atoms with Crippen LogP contribution < -0.4 is 10.9 Å². The number of hydrogen-bond donors (Lipinski definition) is 2. The molecule has 4 atom stereocenters. The average molecular weight is 508 g/mol. The van der Waals surface area contributed by atoms with Crippen LogP contribution in [0.1, 0.15) is 40.8 Å². The molecule has 2 unspecified atom stereocenters. The molecule has 2 fully saturated rings. The molecule has 2 saturated heterocycles. The van der Waals surface area contributed by atoms with E-state index < -0.39 is 43.9 Å². The Balaban J connectivity index is 1.76. The van der Waals surface area contributed by atoms with Gasteiger partial charge in [-0.25, -0.2) is 9.78 Å². The Morgan fingerprint density at radius 2 is 2.03 bits per heavy atom. The molecule has 0 saturated carbocycles. The standard InChI is InChI=1S/C22H33N5O7Si/c1-11(2)16(28)25-20-24-15-12(17(29)26-20)23-10-27(15)18-13-14(34-35(7,8)21(3,4)5)22(33-18,9-32-13)19(30)31-6/h10-11,13-14,18H,9H2,1-8H3,(H2,24,25,26,28,29)/t13?,14?,18-,22+/m1/s1. The van der Waals surface area contributed by atoms with Gasteiger partial charge >= 0.3 is 5.97 Å². The van der Waals surface area contributed by atoms with E-state index in [1.807, 2.05) is 0 Å². The number of ether oxygens (including phenoxy) is 3. The number of methoxy groups -OCH3 is 1. The Labute approximate surface area is 203 Å². The number of esters is 1. The molecule has 2 N–H and O–H groups in total. The number of imidazole rings is 1. The number of H-pyrrole nitrogens is 1. The van der Waals surface area contributed by atoms with Crippen LogP contribution >= 0.6 is 0 Å². The van der Waals surface area contributed by atoms with Gasteiger partial charge < -0.3 is 18.6 Å². The predicted molar refractivity (Wildman–Crippen MR) is 128 cm³/mol. The monoisotopic (exact) mass is 507 g/mol. The van der Waals surface area contributed by atoms with Gasteiger partial charge in [-0.3, -0.25) is 24.5 Å². The molecule has 35 heavy (non-hydrogen) atoms. The van der Waals surface area contributed by atoms with Gasteiger partial charge in [-0.1, -0.05) is 34.6 Å². The smallest absolute Gasteiger partial charge is 0.343 e. The van der Waals surface area contributed by atoms with Gasteiger partial charge in [0.2, 0.25) is 17.5 Å². The van der Waals surface area contributed by atoms with Crippen molar-refractivity contribution in [1.29, 1.82) is 0 Å². The number of aromatic amines is 1. The maximum Gasteiger partial charge on any atom is 0.343 e. The highest BCUT2D eigenvalue weighted by atomic mass is 28.4. The molecule has 2 aliphatic rings. The second kappa shape index (κ2) is 8.50. The van der Waals surface area contributed by atoms with Crippen molar-refractivity contribution in [3.8, 4) is 0 Å². The van der Waals surface area contributed by atoms with Crippen molar-refractivity contribution in [2.45, 2.75) is 76.8 Å². The fraction of sp³-hybridized carbons (Fsp3) is 0.682. The molecule has 192 valence electrons. The molecule has 4 rings (SSSR count). The van der Waals surface area contributed by atoms with E-state index >= 15 is 0 Å². The lowest BCUT2D eigenvalue weighted by molar-refractivity contribution is -0.200. The van der Waals surface area contributed by atoms with Gasteiger partial charge in [-0.05, 0) is 18.1 Å². The number of nitrogens with one attached hydrogen (secondary N) is 2. The minimum Gasteiger partial charge on any atom is -0.467 e. The summed E-state index contributed by atoms with van der Waals surface area (Å²) in [4.78, 5) is 48.9. The van der Waals surface area contributed by atoms with Crippen molar-refractivity contribution >= 4 is 37.3 Å². The third-order valence-corrected chi connectivity index (χ3v) is 11.5. The van der Waals surface area contributed by atoms with Crippen LogP contribution in [0.2, 0.25) is 18.1 Å². The first-order valence-electron chi connectivity index (χ1n) is 11.6. The van der Waals surface area contributed by atoms with Crippen LogP contribution in [-0.2, 0) is 28.2 Å². The summed E-state index contributed by atoms with van der Waals surface area (Å²) in [6.07, 6.45) is -0.842. The Kier molecular flexibility index (Phi) is 6.19. The second-order valence-corrected chi connectivity index (χ2v) is 15.6.